The minimum absolute atomic E-state index is 0.0502. The Morgan fingerprint density at radius 2 is 1.72 bits per heavy atom. The van der Waals surface area contributed by atoms with Crippen molar-refractivity contribution < 1.29 is 13.3 Å². The van der Waals surface area contributed by atoms with Gasteiger partial charge in [-0.2, -0.15) is 5.10 Å². The fourth-order valence-corrected chi connectivity index (χ4v) is 4.61. The summed E-state index contributed by atoms with van der Waals surface area (Å²) in [7, 11) is -4.18. The van der Waals surface area contributed by atoms with Crippen LogP contribution >= 0.6 is 23.2 Å². The molecule has 32 heavy (non-hydrogen) atoms. The lowest BCUT2D eigenvalue weighted by molar-refractivity contribution is -0.385. The van der Waals surface area contributed by atoms with Crippen LogP contribution in [0.2, 0.25) is 10.0 Å². The zero-order valence-corrected chi connectivity index (χ0v) is 19.3. The number of aryl methyl sites for hydroxylation is 2. The molecule has 0 saturated heterocycles. The molecular weight excluding hydrogens is 475 g/mol. The second-order valence-corrected chi connectivity index (χ2v) is 9.39. The Morgan fingerprint density at radius 3 is 2.38 bits per heavy atom. The molecule has 8 nitrogen and oxygen atoms in total. The maximum absolute atomic E-state index is 13.1. The van der Waals surface area contributed by atoms with E-state index in [0.717, 1.165) is 11.6 Å². The summed E-state index contributed by atoms with van der Waals surface area (Å²) in [5.74, 6) is 0. The number of sulfonamides is 1. The minimum Gasteiger partial charge on any atom is -0.279 e. The lowest BCUT2D eigenvalue weighted by Gasteiger charge is -2.14. The molecule has 166 valence electrons. The van der Waals surface area contributed by atoms with Gasteiger partial charge in [0.15, 0.2) is 0 Å². The predicted octanol–water partition coefficient (Wildman–Crippen LogP) is 5.77. The Kier molecular flexibility index (Phi) is 7.02. The van der Waals surface area contributed by atoms with Crippen molar-refractivity contribution in [3.63, 3.8) is 0 Å². The molecule has 0 radical (unpaired) electrons. The molecule has 3 aromatic carbocycles. The molecular formula is C21H18Cl2N4O4S. The van der Waals surface area contributed by atoms with Crippen molar-refractivity contribution in [2.75, 3.05) is 10.1 Å². The first-order valence-electron chi connectivity index (χ1n) is 9.19. The van der Waals surface area contributed by atoms with Gasteiger partial charge in [0.2, 0.25) is 0 Å². The van der Waals surface area contributed by atoms with Gasteiger partial charge in [0.1, 0.15) is 4.90 Å². The molecule has 0 saturated carbocycles. The molecule has 0 unspecified atom stereocenters. The zero-order chi connectivity index (χ0) is 23.5. The molecule has 0 spiro atoms. The zero-order valence-electron chi connectivity index (χ0n) is 17.0. The molecule has 0 heterocycles. The highest BCUT2D eigenvalue weighted by Crippen LogP contribution is 2.29. The van der Waals surface area contributed by atoms with Gasteiger partial charge >= 0.3 is 0 Å². The first kappa shape index (κ1) is 23.5. The average Bonchev–Trinajstić information content (AvgIpc) is 2.71. The van der Waals surface area contributed by atoms with Crippen LogP contribution < -0.4 is 10.1 Å². The van der Waals surface area contributed by atoms with Gasteiger partial charge in [-0.05, 0) is 43.7 Å². The Balaban J connectivity index is 1.96. The van der Waals surface area contributed by atoms with Crippen LogP contribution in [0.5, 0.6) is 0 Å². The van der Waals surface area contributed by atoms with Gasteiger partial charge in [-0.15, -0.1) is 0 Å². The summed E-state index contributed by atoms with van der Waals surface area (Å²) in [5.41, 5.74) is 4.89. The topological polar surface area (TPSA) is 114 Å². The van der Waals surface area contributed by atoms with Gasteiger partial charge in [0.25, 0.3) is 15.7 Å². The molecule has 11 heteroatoms. The number of nitrogens with zero attached hydrogens (tertiary/aromatic N) is 2. The molecule has 0 atom stereocenters. The van der Waals surface area contributed by atoms with Crippen LogP contribution in [0.25, 0.3) is 0 Å². The summed E-state index contributed by atoms with van der Waals surface area (Å²) >= 11 is 12.0. The molecule has 0 aliphatic carbocycles. The monoisotopic (exact) mass is 492 g/mol. The predicted molar refractivity (Wildman–Crippen MR) is 127 cm³/mol. The Morgan fingerprint density at radius 1 is 1.00 bits per heavy atom. The van der Waals surface area contributed by atoms with Crippen molar-refractivity contribution in [1.29, 1.82) is 0 Å². The molecule has 0 amide bonds. The van der Waals surface area contributed by atoms with E-state index in [-0.39, 0.29) is 16.3 Å². The van der Waals surface area contributed by atoms with Gasteiger partial charge in [-0.1, -0.05) is 47.0 Å². The maximum Gasteiger partial charge on any atom is 0.270 e. The van der Waals surface area contributed by atoms with Crippen molar-refractivity contribution in [3.05, 3.63) is 91.4 Å². The summed E-state index contributed by atoms with van der Waals surface area (Å²) in [6.45, 7) is 3.65. The SMILES string of the molecule is Cc1ccc(NS(=O)(=O)c2cc([N+](=O)[O-])ccc2N/N=C/c2ccc(Cl)cc2Cl)c(C)c1. The van der Waals surface area contributed by atoms with Crippen LogP contribution in [-0.4, -0.2) is 19.6 Å². The van der Waals surface area contributed by atoms with E-state index in [1.807, 2.05) is 13.0 Å². The molecule has 0 aliphatic heterocycles. The van der Waals surface area contributed by atoms with Gasteiger partial charge in [0, 0.05) is 22.7 Å². The van der Waals surface area contributed by atoms with E-state index < -0.39 is 14.9 Å². The van der Waals surface area contributed by atoms with Crippen LogP contribution in [0.3, 0.4) is 0 Å². The summed E-state index contributed by atoms with van der Waals surface area (Å²) < 4.78 is 28.7. The van der Waals surface area contributed by atoms with E-state index in [9.17, 15) is 18.5 Å². The smallest absolute Gasteiger partial charge is 0.270 e. The molecule has 3 aromatic rings. The number of hydrogen-bond acceptors (Lipinski definition) is 6. The second-order valence-electron chi connectivity index (χ2n) is 6.90. The lowest BCUT2D eigenvalue weighted by atomic mass is 10.1. The Labute approximate surface area is 195 Å². The van der Waals surface area contributed by atoms with Crippen molar-refractivity contribution in [2.24, 2.45) is 5.10 Å². The molecule has 2 N–H and O–H groups in total. The molecule has 0 bridgehead atoms. The number of nitrogens with one attached hydrogen (secondary N) is 2. The maximum atomic E-state index is 13.1. The molecule has 0 aromatic heterocycles. The summed E-state index contributed by atoms with van der Waals surface area (Å²) in [5, 5.41) is 16.1. The van der Waals surface area contributed by atoms with Gasteiger partial charge < -0.3 is 0 Å². The third-order valence-corrected chi connectivity index (χ3v) is 6.41. The van der Waals surface area contributed by atoms with E-state index in [0.29, 0.717) is 26.9 Å². The summed E-state index contributed by atoms with van der Waals surface area (Å²) in [6.07, 6.45) is 1.38. The van der Waals surface area contributed by atoms with Gasteiger partial charge in [-0.25, -0.2) is 8.42 Å². The quantitative estimate of drug-likeness (QED) is 0.247. The number of benzene rings is 3. The molecule has 0 fully saturated rings. The van der Waals surface area contributed by atoms with E-state index in [2.05, 4.69) is 15.2 Å². The number of nitro benzene ring substituents is 1. The van der Waals surface area contributed by atoms with E-state index in [1.165, 1.54) is 18.3 Å². The third kappa shape index (κ3) is 5.56. The molecule has 0 aliphatic rings. The number of hydrazone groups is 1. The second kappa shape index (κ2) is 9.56. The standard InChI is InChI=1S/C21H18Cl2N4O4S/c1-13-3-7-19(14(2)9-13)26-32(30,31)21-11-17(27(28)29)6-8-20(21)25-24-12-15-4-5-16(22)10-18(15)23/h3-12,25-26H,1-2H3/b24-12+. The molecule has 3 rings (SSSR count). The Hall–Kier alpha value is -3.14. The van der Waals surface area contributed by atoms with Gasteiger partial charge in [-0.3, -0.25) is 20.3 Å². The summed E-state index contributed by atoms with van der Waals surface area (Å²) in [6, 6.07) is 13.5. The van der Waals surface area contributed by atoms with Crippen LogP contribution in [0, 0.1) is 24.0 Å². The number of non-ortho nitro benzene ring substituents is 1. The summed E-state index contributed by atoms with van der Waals surface area (Å²) in [4.78, 5) is 10.2. The first-order valence-corrected chi connectivity index (χ1v) is 11.4. The van der Waals surface area contributed by atoms with Crippen LogP contribution in [0.1, 0.15) is 16.7 Å². The van der Waals surface area contributed by atoms with Crippen LogP contribution in [0.4, 0.5) is 17.1 Å². The van der Waals surface area contributed by atoms with E-state index >= 15 is 0 Å². The minimum atomic E-state index is -4.18. The number of hydrogen-bond donors (Lipinski definition) is 2. The van der Waals surface area contributed by atoms with E-state index in [4.69, 9.17) is 23.2 Å². The largest absolute Gasteiger partial charge is 0.279 e. The number of halogens is 2. The first-order chi connectivity index (χ1) is 15.1. The van der Waals surface area contributed by atoms with Crippen molar-refractivity contribution in [2.45, 2.75) is 18.7 Å². The normalized spacial score (nSPS) is 11.5. The third-order valence-electron chi connectivity index (χ3n) is 4.44. The van der Waals surface area contributed by atoms with Crippen molar-refractivity contribution in [3.8, 4) is 0 Å². The lowest BCUT2D eigenvalue weighted by Crippen LogP contribution is -2.16. The highest BCUT2D eigenvalue weighted by Gasteiger charge is 2.23. The average molecular weight is 493 g/mol. The fraction of sp³-hybridized carbons (Fsp3) is 0.0952. The van der Waals surface area contributed by atoms with Crippen LogP contribution in [0.15, 0.2) is 64.6 Å². The number of nitro groups is 1. The van der Waals surface area contributed by atoms with Crippen molar-refractivity contribution in [1.82, 2.24) is 0 Å². The fourth-order valence-electron chi connectivity index (χ4n) is 2.84. The van der Waals surface area contributed by atoms with Crippen LogP contribution in [-0.2, 0) is 10.0 Å². The van der Waals surface area contributed by atoms with E-state index in [1.54, 1.807) is 37.3 Å². The Bertz CT molecular complexity index is 1330. The van der Waals surface area contributed by atoms with Gasteiger partial charge in [0.05, 0.1) is 27.5 Å². The number of rotatable bonds is 7. The highest BCUT2D eigenvalue weighted by molar-refractivity contribution is 7.92. The highest BCUT2D eigenvalue weighted by atomic mass is 35.5. The van der Waals surface area contributed by atoms with Crippen molar-refractivity contribution >= 4 is 56.5 Å². The number of anilines is 2.